The van der Waals surface area contributed by atoms with Crippen molar-refractivity contribution in [2.75, 3.05) is 7.11 Å². The first-order chi connectivity index (χ1) is 21.2. The Balaban J connectivity index is 1.41. The molecule has 0 spiro atoms. The molecule has 0 aliphatic rings. The van der Waals surface area contributed by atoms with Crippen LogP contribution in [0.15, 0.2) is 89.7 Å². The van der Waals surface area contributed by atoms with Gasteiger partial charge in [0.25, 0.3) is 5.56 Å². The molecule has 0 aliphatic carbocycles. The van der Waals surface area contributed by atoms with Crippen molar-refractivity contribution in [3.8, 4) is 29.0 Å². The van der Waals surface area contributed by atoms with Crippen molar-refractivity contribution >= 4 is 33.8 Å². The highest BCUT2D eigenvalue weighted by molar-refractivity contribution is 5.85. The third kappa shape index (κ3) is 5.34. The van der Waals surface area contributed by atoms with E-state index in [1.165, 1.54) is 0 Å². The second-order valence-corrected chi connectivity index (χ2v) is 11.0. The zero-order valence-corrected chi connectivity index (χ0v) is 25.4. The Labute approximate surface area is 256 Å². The summed E-state index contributed by atoms with van der Waals surface area (Å²) in [4.78, 5) is 18.8. The Morgan fingerprint density at radius 1 is 0.773 bits per heavy atom. The molecule has 0 atom stereocenters. The fraction of sp³-hybridized carbons (Fsp3) is 0.128. The molecular weight excluding hydrogens is 544 g/mol. The number of nitrogens with zero attached hydrogens (tertiary/aromatic N) is 2. The van der Waals surface area contributed by atoms with Gasteiger partial charge in [-0.25, -0.2) is 4.98 Å². The van der Waals surface area contributed by atoms with Gasteiger partial charge in [0, 0.05) is 11.1 Å². The van der Waals surface area contributed by atoms with E-state index in [2.05, 4.69) is 17.9 Å². The van der Waals surface area contributed by atoms with E-state index in [4.69, 9.17) is 9.72 Å². The van der Waals surface area contributed by atoms with Gasteiger partial charge < -0.3 is 9.84 Å². The monoisotopic (exact) mass is 576 g/mol. The third-order valence-corrected chi connectivity index (χ3v) is 8.15. The van der Waals surface area contributed by atoms with Crippen molar-refractivity contribution in [3.05, 3.63) is 140 Å². The van der Waals surface area contributed by atoms with Crippen LogP contribution in [0.2, 0.25) is 0 Å². The summed E-state index contributed by atoms with van der Waals surface area (Å²) in [6.07, 6.45) is 3.82. The van der Waals surface area contributed by atoms with E-state index in [1.807, 2.05) is 113 Å². The first-order valence-electron chi connectivity index (χ1n) is 14.4. The molecule has 0 amide bonds. The molecule has 1 aromatic heterocycles. The van der Waals surface area contributed by atoms with Crippen LogP contribution in [-0.4, -0.2) is 21.8 Å². The summed E-state index contributed by atoms with van der Waals surface area (Å²) in [6.45, 7) is 7.75. The molecular formula is C39H32N2O3. The number of benzene rings is 5. The molecule has 216 valence electrons. The number of aromatic hydroxyl groups is 1. The first kappa shape index (κ1) is 28.5. The molecule has 0 fully saturated rings. The number of hydrogen-bond acceptors (Lipinski definition) is 4. The maximum atomic E-state index is 13.9. The average Bonchev–Trinajstić information content (AvgIpc) is 3.04. The van der Waals surface area contributed by atoms with Crippen LogP contribution in [0.3, 0.4) is 0 Å². The summed E-state index contributed by atoms with van der Waals surface area (Å²) in [6, 6.07) is 27.3. The Hall–Kier alpha value is -5.60. The van der Waals surface area contributed by atoms with Crippen molar-refractivity contribution in [3.63, 3.8) is 0 Å². The molecule has 0 radical (unpaired) electrons. The average molecular weight is 577 g/mol. The summed E-state index contributed by atoms with van der Waals surface area (Å²) in [5.74, 6) is 8.21. The van der Waals surface area contributed by atoms with E-state index in [0.29, 0.717) is 22.5 Å². The van der Waals surface area contributed by atoms with Gasteiger partial charge in [0.1, 0.15) is 17.3 Å². The molecule has 1 N–H and O–H groups in total. The summed E-state index contributed by atoms with van der Waals surface area (Å²) < 4.78 is 7.00. The molecule has 6 aromatic rings. The number of aryl methyl sites for hydroxylation is 2. The summed E-state index contributed by atoms with van der Waals surface area (Å²) in [5, 5.41) is 13.1. The quantitative estimate of drug-likeness (QED) is 0.216. The van der Waals surface area contributed by atoms with E-state index >= 15 is 0 Å². The highest BCUT2D eigenvalue weighted by Crippen LogP contribution is 2.29. The van der Waals surface area contributed by atoms with Crippen molar-refractivity contribution < 1.29 is 9.84 Å². The van der Waals surface area contributed by atoms with Crippen LogP contribution < -0.4 is 10.3 Å². The number of rotatable bonds is 4. The molecule has 0 bridgehead atoms. The van der Waals surface area contributed by atoms with Gasteiger partial charge in [0.15, 0.2) is 0 Å². The van der Waals surface area contributed by atoms with Crippen molar-refractivity contribution in [1.29, 1.82) is 0 Å². The minimum Gasteiger partial charge on any atom is -0.507 e. The fourth-order valence-electron chi connectivity index (χ4n) is 5.49. The Morgan fingerprint density at radius 3 is 2.25 bits per heavy atom. The normalized spacial score (nSPS) is 11.2. The van der Waals surface area contributed by atoms with Gasteiger partial charge in [-0.15, -0.1) is 0 Å². The van der Waals surface area contributed by atoms with Crippen LogP contribution in [0.5, 0.6) is 11.5 Å². The number of ether oxygens (including phenoxy) is 1. The van der Waals surface area contributed by atoms with E-state index < -0.39 is 0 Å². The Kier molecular flexibility index (Phi) is 7.51. The highest BCUT2D eigenvalue weighted by atomic mass is 16.5. The maximum Gasteiger partial charge on any atom is 0.266 e. The van der Waals surface area contributed by atoms with Crippen LogP contribution in [0.4, 0.5) is 0 Å². The molecule has 44 heavy (non-hydrogen) atoms. The van der Waals surface area contributed by atoms with Crippen LogP contribution in [0.1, 0.15) is 44.8 Å². The third-order valence-electron chi connectivity index (χ3n) is 8.15. The van der Waals surface area contributed by atoms with Gasteiger partial charge in [-0.3, -0.25) is 9.36 Å². The number of methoxy groups -OCH3 is 1. The van der Waals surface area contributed by atoms with Crippen LogP contribution in [0.25, 0.3) is 39.5 Å². The van der Waals surface area contributed by atoms with Crippen LogP contribution in [-0.2, 0) is 0 Å². The largest absolute Gasteiger partial charge is 0.507 e. The predicted octanol–water partition coefficient (Wildman–Crippen LogP) is 8.06. The van der Waals surface area contributed by atoms with Gasteiger partial charge in [0.05, 0.1) is 23.7 Å². The molecule has 5 aromatic carbocycles. The molecule has 5 heteroatoms. The van der Waals surface area contributed by atoms with Gasteiger partial charge >= 0.3 is 0 Å². The summed E-state index contributed by atoms with van der Waals surface area (Å²) >= 11 is 0. The molecule has 1 heterocycles. The minimum absolute atomic E-state index is 0.139. The SMILES string of the molecule is COc1ccc2cc(C#Cc3ccc(-n4c(/C=C/c5cc(C)c(O)c(C)c5C)nc5ccccc5c4=O)c(C)c3)ccc2c1. The second kappa shape index (κ2) is 11.6. The lowest BCUT2D eigenvalue weighted by Crippen LogP contribution is -2.23. The summed E-state index contributed by atoms with van der Waals surface area (Å²) in [7, 11) is 1.67. The zero-order chi connectivity index (χ0) is 31.0. The topological polar surface area (TPSA) is 64.3 Å². The summed E-state index contributed by atoms with van der Waals surface area (Å²) in [5.41, 5.74) is 7.49. The molecule has 0 unspecified atom stereocenters. The van der Waals surface area contributed by atoms with Gasteiger partial charge in [0.2, 0.25) is 0 Å². The van der Waals surface area contributed by atoms with Crippen molar-refractivity contribution in [1.82, 2.24) is 9.55 Å². The van der Waals surface area contributed by atoms with Crippen molar-refractivity contribution in [2.45, 2.75) is 27.7 Å². The van der Waals surface area contributed by atoms with Gasteiger partial charge in [-0.1, -0.05) is 42.2 Å². The van der Waals surface area contributed by atoms with Gasteiger partial charge in [-0.05, 0) is 133 Å². The lowest BCUT2D eigenvalue weighted by Gasteiger charge is -2.15. The maximum absolute atomic E-state index is 13.9. The smallest absolute Gasteiger partial charge is 0.266 e. The Bertz CT molecular complexity index is 2250. The number of hydrogen-bond donors (Lipinski definition) is 1. The number of para-hydroxylation sites is 1. The predicted molar refractivity (Wildman–Crippen MR) is 180 cm³/mol. The molecule has 5 nitrogen and oxygen atoms in total. The van der Waals surface area contributed by atoms with E-state index in [1.54, 1.807) is 17.7 Å². The molecule has 0 saturated heterocycles. The van der Waals surface area contributed by atoms with E-state index in [-0.39, 0.29) is 5.56 Å². The first-order valence-corrected chi connectivity index (χ1v) is 14.4. The van der Waals surface area contributed by atoms with Crippen LogP contribution in [0, 0.1) is 39.5 Å². The minimum atomic E-state index is -0.139. The highest BCUT2D eigenvalue weighted by Gasteiger charge is 2.14. The number of aromatic nitrogens is 2. The van der Waals surface area contributed by atoms with E-state index in [0.717, 1.165) is 61.2 Å². The lowest BCUT2D eigenvalue weighted by molar-refractivity contribution is 0.415. The Morgan fingerprint density at radius 2 is 1.48 bits per heavy atom. The van der Waals surface area contributed by atoms with Crippen LogP contribution >= 0.6 is 0 Å². The number of phenols is 1. The molecule has 0 saturated carbocycles. The van der Waals surface area contributed by atoms with Gasteiger partial charge in [-0.2, -0.15) is 0 Å². The zero-order valence-electron chi connectivity index (χ0n) is 25.4. The number of phenolic OH excluding ortho intramolecular Hbond substituents is 1. The molecule has 0 aliphatic heterocycles. The molecule has 6 rings (SSSR count). The van der Waals surface area contributed by atoms with E-state index in [9.17, 15) is 9.90 Å². The number of fused-ring (bicyclic) bond motifs is 2. The lowest BCUT2D eigenvalue weighted by atomic mass is 9.98. The standard InChI is InChI=1S/C39H32N2O3/c1-24-20-28(10-11-29-12-14-32-23-33(44-5)17-15-31(32)22-29)13-18-36(24)41-37(40-35-9-7-6-8-34(35)39(41)43)19-16-30-21-25(2)38(42)27(4)26(30)3/h6-9,12-23,42H,1-5H3/b19-16+. The fourth-order valence-corrected chi connectivity index (χ4v) is 5.49. The second-order valence-electron chi connectivity index (χ2n) is 11.0. The van der Waals surface area contributed by atoms with Crippen molar-refractivity contribution in [2.24, 2.45) is 0 Å².